The molecule has 136 valence electrons. The van der Waals surface area contributed by atoms with Crippen molar-refractivity contribution in [1.29, 1.82) is 0 Å². The molecule has 0 fully saturated rings. The van der Waals surface area contributed by atoms with Crippen molar-refractivity contribution in [3.8, 4) is 0 Å². The van der Waals surface area contributed by atoms with Crippen molar-refractivity contribution in [3.63, 3.8) is 0 Å². The van der Waals surface area contributed by atoms with E-state index in [9.17, 15) is 4.79 Å². The Morgan fingerprint density at radius 2 is 1.85 bits per heavy atom. The zero-order chi connectivity index (χ0) is 18.4. The summed E-state index contributed by atoms with van der Waals surface area (Å²) < 4.78 is 5.37. The van der Waals surface area contributed by atoms with Gasteiger partial charge in [0, 0.05) is 45.8 Å². The third kappa shape index (κ3) is 2.42. The average molecular weight is 359 g/mol. The number of para-hydroxylation sites is 2. The Morgan fingerprint density at radius 1 is 1.11 bits per heavy atom. The molecule has 0 bridgehead atoms. The molecule has 2 aromatic heterocycles. The van der Waals surface area contributed by atoms with E-state index < -0.39 is 0 Å². The maximum Gasteiger partial charge on any atom is 0.410 e. The highest BCUT2D eigenvalue weighted by atomic mass is 16.6. The van der Waals surface area contributed by atoms with Crippen LogP contribution in [0.15, 0.2) is 54.7 Å². The lowest BCUT2D eigenvalue weighted by atomic mass is 9.92. The molecule has 1 aliphatic heterocycles. The smallest absolute Gasteiger partial charge is 0.410 e. The molecule has 1 amide bonds. The summed E-state index contributed by atoms with van der Waals surface area (Å²) >= 11 is 0. The molecule has 27 heavy (non-hydrogen) atoms. The van der Waals surface area contributed by atoms with Gasteiger partial charge >= 0.3 is 6.09 Å². The van der Waals surface area contributed by atoms with E-state index in [-0.39, 0.29) is 12.1 Å². The summed E-state index contributed by atoms with van der Waals surface area (Å²) in [6.07, 6.45) is 2.57. The average Bonchev–Trinajstić information content (AvgIpc) is 3.29. The van der Waals surface area contributed by atoms with Gasteiger partial charge < -0.3 is 14.7 Å². The van der Waals surface area contributed by atoms with Gasteiger partial charge in [-0.1, -0.05) is 36.4 Å². The van der Waals surface area contributed by atoms with E-state index in [1.54, 1.807) is 0 Å². The molecule has 5 nitrogen and oxygen atoms in total. The molecule has 0 saturated carbocycles. The minimum absolute atomic E-state index is 0.198. The number of benzene rings is 2. The largest absolute Gasteiger partial charge is 0.450 e. The lowest BCUT2D eigenvalue weighted by molar-refractivity contribution is 0.0934. The van der Waals surface area contributed by atoms with E-state index in [0.717, 1.165) is 34.1 Å². The van der Waals surface area contributed by atoms with E-state index in [1.807, 2.05) is 36.2 Å². The van der Waals surface area contributed by atoms with Crippen LogP contribution in [0, 0.1) is 0 Å². The number of aromatic amines is 2. The highest BCUT2D eigenvalue weighted by Gasteiger charge is 2.36. The van der Waals surface area contributed by atoms with Gasteiger partial charge in [-0.25, -0.2) is 4.79 Å². The second-order valence-electron chi connectivity index (χ2n) is 6.90. The summed E-state index contributed by atoms with van der Waals surface area (Å²) in [4.78, 5) is 21.5. The number of amides is 1. The van der Waals surface area contributed by atoms with E-state index >= 15 is 0 Å². The predicted molar refractivity (Wildman–Crippen MR) is 106 cm³/mol. The van der Waals surface area contributed by atoms with Gasteiger partial charge in [0.1, 0.15) is 6.04 Å². The lowest BCUT2D eigenvalue weighted by Gasteiger charge is -2.35. The SMILES string of the molecule is CCOC(=O)N1CCc2c([nH]c3ccccc23)C1c1c[nH]c2ccccc12. The van der Waals surface area contributed by atoms with Crippen molar-refractivity contribution in [2.24, 2.45) is 0 Å². The van der Waals surface area contributed by atoms with Gasteiger partial charge in [-0.3, -0.25) is 4.90 Å². The first kappa shape index (κ1) is 16.0. The normalized spacial score (nSPS) is 16.6. The molecule has 2 N–H and O–H groups in total. The summed E-state index contributed by atoms with van der Waals surface area (Å²) in [5.41, 5.74) is 5.64. The number of ether oxygens (including phenoxy) is 1. The molecule has 5 rings (SSSR count). The minimum Gasteiger partial charge on any atom is -0.450 e. The van der Waals surface area contributed by atoms with Crippen molar-refractivity contribution in [2.75, 3.05) is 13.2 Å². The molecule has 0 spiro atoms. The molecule has 3 heterocycles. The molecule has 0 aliphatic carbocycles. The van der Waals surface area contributed by atoms with Crippen LogP contribution in [0.2, 0.25) is 0 Å². The second-order valence-corrected chi connectivity index (χ2v) is 6.90. The molecule has 0 saturated heterocycles. The predicted octanol–water partition coefficient (Wildman–Crippen LogP) is 4.75. The number of carbonyl (C=O) groups is 1. The number of rotatable bonds is 2. The molecule has 0 radical (unpaired) electrons. The molecule has 1 unspecified atom stereocenters. The van der Waals surface area contributed by atoms with E-state index in [1.165, 1.54) is 10.9 Å². The standard InChI is InChI=1S/C22H21N3O2/c1-2-27-22(26)25-12-11-16-14-7-4-6-10-19(14)24-20(16)21(25)17-13-23-18-9-5-3-8-15(17)18/h3-10,13,21,23-24H,2,11-12H2,1H3. The zero-order valence-electron chi connectivity index (χ0n) is 15.2. The van der Waals surface area contributed by atoms with Crippen molar-refractivity contribution in [1.82, 2.24) is 14.9 Å². The number of H-pyrrole nitrogens is 2. The van der Waals surface area contributed by atoms with E-state index in [4.69, 9.17) is 4.74 Å². The van der Waals surface area contributed by atoms with Gasteiger partial charge in [-0.05, 0) is 31.0 Å². The van der Waals surface area contributed by atoms with Gasteiger partial charge in [0.15, 0.2) is 0 Å². The lowest BCUT2D eigenvalue weighted by Crippen LogP contribution is -2.40. The number of carbonyl (C=O) groups excluding carboxylic acids is 1. The van der Waals surface area contributed by atoms with Crippen LogP contribution in [0.25, 0.3) is 21.8 Å². The van der Waals surface area contributed by atoms with Crippen molar-refractivity contribution >= 4 is 27.9 Å². The maximum atomic E-state index is 12.7. The van der Waals surface area contributed by atoms with Crippen LogP contribution in [-0.4, -0.2) is 34.1 Å². The first-order valence-corrected chi connectivity index (χ1v) is 9.37. The molecule has 4 aromatic rings. The first-order chi connectivity index (χ1) is 13.3. The van der Waals surface area contributed by atoms with Crippen LogP contribution in [-0.2, 0) is 11.2 Å². The Balaban J connectivity index is 1.74. The van der Waals surface area contributed by atoms with Crippen LogP contribution in [0.4, 0.5) is 4.79 Å². The van der Waals surface area contributed by atoms with Crippen molar-refractivity contribution < 1.29 is 9.53 Å². The van der Waals surface area contributed by atoms with Crippen molar-refractivity contribution in [3.05, 3.63) is 71.5 Å². The fourth-order valence-corrected chi connectivity index (χ4v) is 4.29. The Bertz CT molecular complexity index is 1140. The van der Waals surface area contributed by atoms with Crippen LogP contribution >= 0.6 is 0 Å². The fraction of sp³-hybridized carbons (Fsp3) is 0.227. The summed E-state index contributed by atoms with van der Waals surface area (Å²) in [6, 6.07) is 16.3. The Labute approximate surface area is 156 Å². The van der Waals surface area contributed by atoms with Crippen molar-refractivity contribution in [2.45, 2.75) is 19.4 Å². The summed E-state index contributed by atoms with van der Waals surface area (Å²) in [5.74, 6) is 0. The topological polar surface area (TPSA) is 61.1 Å². The van der Waals surface area contributed by atoms with E-state index in [2.05, 4.69) is 40.3 Å². The number of fused-ring (bicyclic) bond motifs is 4. The second kappa shape index (κ2) is 6.20. The molecule has 2 aromatic carbocycles. The minimum atomic E-state index is -0.267. The van der Waals surface area contributed by atoms with Gasteiger partial charge in [-0.15, -0.1) is 0 Å². The number of hydrogen-bond acceptors (Lipinski definition) is 2. The zero-order valence-corrected chi connectivity index (χ0v) is 15.2. The van der Waals surface area contributed by atoms with Crippen LogP contribution < -0.4 is 0 Å². The highest BCUT2D eigenvalue weighted by molar-refractivity contribution is 5.88. The van der Waals surface area contributed by atoms with E-state index in [0.29, 0.717) is 13.2 Å². The Morgan fingerprint density at radius 3 is 2.67 bits per heavy atom. The Kier molecular flexibility index (Phi) is 3.67. The summed E-state index contributed by atoms with van der Waals surface area (Å²) in [5, 5.41) is 2.36. The quantitative estimate of drug-likeness (QED) is 0.542. The third-order valence-corrected chi connectivity index (χ3v) is 5.45. The summed E-state index contributed by atoms with van der Waals surface area (Å²) in [7, 11) is 0. The Hall–Kier alpha value is -3.21. The third-order valence-electron chi connectivity index (χ3n) is 5.45. The molecule has 1 aliphatic rings. The molecular formula is C22H21N3O2. The summed E-state index contributed by atoms with van der Waals surface area (Å²) in [6.45, 7) is 2.85. The van der Waals surface area contributed by atoms with Crippen LogP contribution in [0.1, 0.15) is 29.8 Å². The molecule has 5 heteroatoms. The van der Waals surface area contributed by atoms with Gasteiger partial charge in [0.25, 0.3) is 0 Å². The highest BCUT2D eigenvalue weighted by Crippen LogP contribution is 2.40. The molecular weight excluding hydrogens is 338 g/mol. The fourth-order valence-electron chi connectivity index (χ4n) is 4.29. The van der Waals surface area contributed by atoms with Crippen LogP contribution in [0.5, 0.6) is 0 Å². The van der Waals surface area contributed by atoms with Crippen LogP contribution in [0.3, 0.4) is 0 Å². The number of aromatic nitrogens is 2. The van der Waals surface area contributed by atoms with Gasteiger partial charge in [-0.2, -0.15) is 0 Å². The first-order valence-electron chi connectivity index (χ1n) is 9.37. The number of nitrogens with zero attached hydrogens (tertiary/aromatic N) is 1. The number of nitrogens with one attached hydrogen (secondary N) is 2. The maximum absolute atomic E-state index is 12.7. The molecule has 1 atom stereocenters. The number of hydrogen-bond donors (Lipinski definition) is 2. The van der Waals surface area contributed by atoms with Gasteiger partial charge in [0.2, 0.25) is 0 Å². The van der Waals surface area contributed by atoms with Gasteiger partial charge in [0.05, 0.1) is 6.61 Å². The monoisotopic (exact) mass is 359 g/mol.